The van der Waals surface area contributed by atoms with Crippen molar-refractivity contribution in [3.8, 4) is 0 Å². The second kappa shape index (κ2) is 15.2. The summed E-state index contributed by atoms with van der Waals surface area (Å²) >= 11 is 0. The minimum atomic E-state index is -4.58. The maximum Gasteiger partial charge on any atom is 0.328 e. The first-order valence-corrected chi connectivity index (χ1v) is 19.0. The number of carboxylic acid groups (broad SMARTS) is 1. The molecule has 11 atom stereocenters. The van der Waals surface area contributed by atoms with E-state index in [-0.39, 0.29) is 47.5 Å². The summed E-state index contributed by atoms with van der Waals surface area (Å²) in [6.45, 7) is 5.66. The van der Waals surface area contributed by atoms with Crippen molar-refractivity contribution in [2.24, 2.45) is 52.3 Å². The zero-order chi connectivity index (χ0) is 34.7. The van der Waals surface area contributed by atoms with Crippen molar-refractivity contribution in [3.05, 3.63) is 0 Å². The van der Waals surface area contributed by atoms with E-state index in [4.69, 9.17) is 24.4 Å². The summed E-state index contributed by atoms with van der Waals surface area (Å²) < 4.78 is 20.6. The molecule has 4 fully saturated rings. The zero-order valence-electron chi connectivity index (χ0n) is 27.8. The molecule has 13 nitrogen and oxygen atoms in total. The Morgan fingerprint density at radius 2 is 1.62 bits per heavy atom. The normalized spacial score (nSPS) is 36.2. The molecule has 0 saturated heterocycles. The van der Waals surface area contributed by atoms with Crippen LogP contribution in [0.2, 0.25) is 0 Å². The molecule has 4 aliphatic carbocycles. The van der Waals surface area contributed by atoms with Crippen molar-refractivity contribution in [2.45, 2.75) is 110 Å². The molecule has 0 heterocycles. The van der Waals surface area contributed by atoms with Gasteiger partial charge < -0.3 is 39.9 Å². The zero-order valence-corrected chi connectivity index (χ0v) is 28.7. The molecule has 0 bridgehead atoms. The van der Waals surface area contributed by atoms with Crippen LogP contribution in [0.15, 0.2) is 0 Å². The fraction of sp³-hybridized carbons (Fsp3) is 0.879. The molecule has 0 aromatic carbocycles. The maximum absolute atomic E-state index is 12.6. The first-order chi connectivity index (χ1) is 22.0. The monoisotopic (exact) mass is 687 g/mol. The lowest BCUT2D eigenvalue weighted by Crippen LogP contribution is -2.58. The van der Waals surface area contributed by atoms with E-state index in [1.807, 2.05) is 0 Å². The Morgan fingerprint density at radius 1 is 0.915 bits per heavy atom. The number of esters is 2. The highest BCUT2D eigenvalue weighted by atomic mass is 31.2. The summed E-state index contributed by atoms with van der Waals surface area (Å²) in [4.78, 5) is 65.5. The third-order valence-corrected chi connectivity index (χ3v) is 13.6. The van der Waals surface area contributed by atoms with Crippen LogP contribution in [0.5, 0.6) is 0 Å². The highest BCUT2D eigenvalue weighted by Gasteiger charge is 2.63. The van der Waals surface area contributed by atoms with Gasteiger partial charge in [-0.1, -0.05) is 20.8 Å². The van der Waals surface area contributed by atoms with Gasteiger partial charge >= 0.3 is 25.5 Å². The van der Waals surface area contributed by atoms with Crippen LogP contribution in [0.1, 0.15) is 97.8 Å². The molecule has 0 aromatic rings. The summed E-state index contributed by atoms with van der Waals surface area (Å²) in [5.74, 6) is -2.38. The Balaban J connectivity index is 1.17. The average molecular weight is 688 g/mol. The Hall–Kier alpha value is -2.05. The van der Waals surface area contributed by atoms with Gasteiger partial charge in [0, 0.05) is 12.8 Å². The van der Waals surface area contributed by atoms with Gasteiger partial charge in [-0.15, -0.1) is 0 Å². The molecule has 4 saturated carbocycles. The molecule has 0 aromatic heterocycles. The van der Waals surface area contributed by atoms with Crippen LogP contribution in [0.3, 0.4) is 0 Å². The summed E-state index contributed by atoms with van der Waals surface area (Å²) in [7, 11) is -4.58. The standard InChI is InChI=1S/C33H54NO12P/c1-19(4-10-28(37)34-16-30(39)46-18-45-29(38)11-5-20(31(40)41)17-47(42,43)44)24-8-9-25-23-7-6-21-14-22(35)12-13-32(21,2)26(23)15-27(36)33(24,25)3/h19-27,35-36H,4-18H2,1-3H3,(H,34,37)(H,40,41)(H2,42,43,44)/t19-,20?,21-,22-,23?,24?,25?,26?,27+,32+,33-/m1/s1. The largest absolute Gasteiger partial charge is 0.481 e. The Labute approximate surface area is 276 Å². The fourth-order valence-corrected chi connectivity index (χ4v) is 11.0. The number of carbonyl (C=O) groups is 4. The number of fused-ring (bicyclic) bond motifs is 5. The molecule has 0 aliphatic heterocycles. The number of carbonyl (C=O) groups excluding carboxylic acids is 3. The van der Waals surface area contributed by atoms with Crippen molar-refractivity contribution in [3.63, 3.8) is 0 Å². The van der Waals surface area contributed by atoms with E-state index in [2.05, 4.69) is 26.1 Å². The molecule has 5 unspecified atom stereocenters. The van der Waals surface area contributed by atoms with E-state index in [0.717, 1.165) is 51.4 Å². The van der Waals surface area contributed by atoms with Crippen molar-refractivity contribution >= 4 is 31.4 Å². The van der Waals surface area contributed by atoms with Crippen LogP contribution in [0.4, 0.5) is 0 Å². The van der Waals surface area contributed by atoms with Crippen molar-refractivity contribution in [1.82, 2.24) is 5.32 Å². The van der Waals surface area contributed by atoms with E-state index in [1.54, 1.807) is 0 Å². The van der Waals surface area contributed by atoms with Crippen LogP contribution in [0, 0.1) is 52.3 Å². The van der Waals surface area contributed by atoms with Crippen molar-refractivity contribution < 1.29 is 58.3 Å². The van der Waals surface area contributed by atoms with Gasteiger partial charge in [0.1, 0.15) is 6.54 Å². The van der Waals surface area contributed by atoms with Gasteiger partial charge in [0.25, 0.3) is 0 Å². The summed E-state index contributed by atoms with van der Waals surface area (Å²) in [5.41, 5.74) is -0.0272. The minimum Gasteiger partial charge on any atom is -0.481 e. The van der Waals surface area contributed by atoms with E-state index >= 15 is 0 Å². The average Bonchev–Trinajstić information content (AvgIpc) is 3.36. The molecule has 4 rings (SSSR count). The van der Waals surface area contributed by atoms with Gasteiger partial charge in [-0.25, -0.2) is 0 Å². The number of ether oxygens (including phenoxy) is 2. The fourth-order valence-electron chi connectivity index (χ4n) is 10.1. The topological polar surface area (TPSA) is 217 Å². The molecule has 4 aliphatic rings. The molecule has 14 heteroatoms. The quantitative estimate of drug-likeness (QED) is 0.0882. The third kappa shape index (κ3) is 8.76. The van der Waals surface area contributed by atoms with Crippen LogP contribution < -0.4 is 5.32 Å². The lowest BCUT2D eigenvalue weighted by Gasteiger charge is -2.62. The van der Waals surface area contributed by atoms with Gasteiger partial charge in [0.2, 0.25) is 12.7 Å². The van der Waals surface area contributed by atoms with Gasteiger partial charge in [-0.3, -0.25) is 23.7 Å². The number of aliphatic carboxylic acids is 1. The molecule has 268 valence electrons. The number of hydrogen-bond donors (Lipinski definition) is 6. The molecule has 6 N–H and O–H groups in total. The smallest absolute Gasteiger partial charge is 0.328 e. The van der Waals surface area contributed by atoms with Gasteiger partial charge in [-0.2, -0.15) is 0 Å². The van der Waals surface area contributed by atoms with Crippen molar-refractivity contribution in [1.29, 1.82) is 0 Å². The first-order valence-electron chi connectivity index (χ1n) is 17.2. The Morgan fingerprint density at radius 3 is 2.30 bits per heavy atom. The second-order valence-corrected chi connectivity index (χ2v) is 16.9. The van der Waals surface area contributed by atoms with Gasteiger partial charge in [0.05, 0.1) is 24.3 Å². The van der Waals surface area contributed by atoms with Crippen LogP contribution in [-0.4, -0.2) is 80.6 Å². The number of aliphatic hydroxyl groups is 2. The predicted molar refractivity (Wildman–Crippen MR) is 168 cm³/mol. The Bertz CT molecular complexity index is 1210. The van der Waals surface area contributed by atoms with Crippen molar-refractivity contribution in [2.75, 3.05) is 19.5 Å². The van der Waals surface area contributed by atoms with Crippen LogP contribution in [-0.2, 0) is 33.2 Å². The van der Waals surface area contributed by atoms with Crippen LogP contribution >= 0.6 is 7.60 Å². The highest BCUT2D eigenvalue weighted by molar-refractivity contribution is 7.51. The highest BCUT2D eigenvalue weighted by Crippen LogP contribution is 2.68. The number of hydrogen-bond acceptors (Lipinski definition) is 9. The molecule has 0 spiro atoms. The second-order valence-electron chi connectivity index (χ2n) is 15.3. The SMILES string of the molecule is C[C@H](CCC(=O)NCC(=O)OCOC(=O)CCC(CP(=O)(O)O)C(=O)O)C1CCC2C3CC[C@@H]4C[C@H](O)CC[C@]4(C)C3C[C@H](O)[C@@]21C. The maximum atomic E-state index is 12.6. The van der Waals surface area contributed by atoms with Gasteiger partial charge in [-0.05, 0) is 111 Å². The number of carboxylic acids is 1. The predicted octanol–water partition coefficient (Wildman–Crippen LogP) is 3.21. The number of rotatable bonds is 14. The number of amides is 1. The van der Waals surface area contributed by atoms with E-state index in [1.165, 1.54) is 0 Å². The first kappa shape index (κ1) is 37.8. The van der Waals surface area contributed by atoms with E-state index in [9.17, 15) is 34.0 Å². The number of nitrogens with one attached hydrogen (secondary N) is 1. The lowest BCUT2D eigenvalue weighted by molar-refractivity contribution is -0.175. The molecule has 1 amide bonds. The lowest BCUT2D eigenvalue weighted by atomic mass is 9.43. The number of aliphatic hydroxyl groups excluding tert-OH is 2. The molecular weight excluding hydrogens is 633 g/mol. The summed E-state index contributed by atoms with van der Waals surface area (Å²) in [5, 5.41) is 33.6. The molecule has 0 radical (unpaired) electrons. The minimum absolute atomic E-state index is 0.177. The third-order valence-electron chi connectivity index (χ3n) is 12.7. The summed E-state index contributed by atoms with van der Waals surface area (Å²) in [6, 6.07) is 0. The van der Waals surface area contributed by atoms with Gasteiger partial charge in [0.15, 0.2) is 0 Å². The Kier molecular flexibility index (Phi) is 12.2. The van der Waals surface area contributed by atoms with E-state index < -0.39 is 63.4 Å². The van der Waals surface area contributed by atoms with E-state index in [0.29, 0.717) is 30.1 Å². The summed E-state index contributed by atoms with van der Waals surface area (Å²) in [6.07, 6.45) is 6.53. The molecule has 47 heavy (non-hydrogen) atoms. The van der Waals surface area contributed by atoms with Crippen LogP contribution in [0.25, 0.3) is 0 Å². The molecular formula is C33H54NO12P.